The fourth-order valence-electron chi connectivity index (χ4n) is 2.53. The van der Waals surface area contributed by atoms with Gasteiger partial charge in [0.25, 0.3) is 0 Å². The Kier molecular flexibility index (Phi) is 5.77. The maximum Gasteiger partial charge on any atom is 0.321 e. The smallest absolute Gasteiger partial charge is 0.321 e. The van der Waals surface area contributed by atoms with Gasteiger partial charge in [0.1, 0.15) is 10.9 Å². The molecule has 0 amide bonds. The van der Waals surface area contributed by atoms with Crippen LogP contribution in [0.2, 0.25) is 0 Å². The van der Waals surface area contributed by atoms with Crippen molar-refractivity contribution in [1.29, 1.82) is 0 Å². The number of sulfonamides is 1. The van der Waals surface area contributed by atoms with Gasteiger partial charge in [-0.05, 0) is 25.2 Å². The molecule has 0 radical (unpaired) electrons. The van der Waals surface area contributed by atoms with Crippen molar-refractivity contribution in [3.8, 4) is 0 Å². The molecule has 1 aliphatic rings. The van der Waals surface area contributed by atoms with Gasteiger partial charge < -0.3 is 9.84 Å². The van der Waals surface area contributed by atoms with Crippen LogP contribution >= 0.6 is 0 Å². The second-order valence-corrected chi connectivity index (χ2v) is 7.86. The largest absolute Gasteiger partial charge is 0.480 e. The van der Waals surface area contributed by atoms with Crippen LogP contribution in [0.3, 0.4) is 0 Å². The Bertz CT molecular complexity index is 635. The number of nitrogens with zero attached hydrogens (tertiary/aromatic N) is 2. The second-order valence-electron chi connectivity index (χ2n) is 6.14. The monoisotopic (exact) mass is 345 g/mol. The van der Waals surface area contributed by atoms with Crippen molar-refractivity contribution in [3.63, 3.8) is 0 Å². The van der Waals surface area contributed by atoms with Gasteiger partial charge in [0.05, 0.1) is 12.2 Å². The molecule has 2 N–H and O–H groups in total. The minimum atomic E-state index is -3.91. The molecule has 0 aromatic carbocycles. The molecule has 8 nitrogen and oxygen atoms in total. The number of hydrogen-bond acceptors (Lipinski definition) is 5. The summed E-state index contributed by atoms with van der Waals surface area (Å²) < 4.78 is 33.9. The molecule has 0 bridgehead atoms. The summed E-state index contributed by atoms with van der Waals surface area (Å²) in [5.41, 5.74) is 0. The lowest BCUT2D eigenvalue weighted by molar-refractivity contribution is -0.139. The maximum absolute atomic E-state index is 12.4. The number of carbonyl (C=O) groups is 1. The number of carboxylic acids is 1. The van der Waals surface area contributed by atoms with Crippen molar-refractivity contribution >= 4 is 16.0 Å². The Morgan fingerprint density at radius 3 is 2.70 bits per heavy atom. The number of nitrogens with one attached hydrogen (secondary N) is 1. The lowest BCUT2D eigenvalue weighted by Gasteiger charge is -2.22. The SMILES string of the molecule is CC(C)CC(NS(=O)(=O)c1cnn(C2CCOCC2)c1)C(=O)O. The van der Waals surface area contributed by atoms with E-state index in [1.54, 1.807) is 4.68 Å². The Morgan fingerprint density at radius 1 is 1.48 bits per heavy atom. The number of aliphatic carboxylic acids is 1. The first-order chi connectivity index (χ1) is 10.8. The molecule has 1 atom stereocenters. The van der Waals surface area contributed by atoms with Gasteiger partial charge in [0.2, 0.25) is 10.0 Å². The third-order valence-electron chi connectivity index (χ3n) is 3.76. The van der Waals surface area contributed by atoms with Gasteiger partial charge in [-0.1, -0.05) is 13.8 Å². The fraction of sp³-hybridized carbons (Fsp3) is 0.714. The highest BCUT2D eigenvalue weighted by atomic mass is 32.2. The molecule has 130 valence electrons. The summed E-state index contributed by atoms with van der Waals surface area (Å²) in [6.45, 7) is 4.93. The molecule has 1 aromatic heterocycles. The third-order valence-corrected chi connectivity index (χ3v) is 5.18. The minimum Gasteiger partial charge on any atom is -0.480 e. The van der Waals surface area contributed by atoms with Crippen molar-refractivity contribution in [3.05, 3.63) is 12.4 Å². The lowest BCUT2D eigenvalue weighted by atomic mass is 10.1. The highest BCUT2D eigenvalue weighted by molar-refractivity contribution is 7.89. The first kappa shape index (κ1) is 17.9. The van der Waals surface area contributed by atoms with Gasteiger partial charge in [-0.25, -0.2) is 8.42 Å². The van der Waals surface area contributed by atoms with Crippen LogP contribution in [-0.4, -0.2) is 48.5 Å². The van der Waals surface area contributed by atoms with Gasteiger partial charge in [0.15, 0.2) is 0 Å². The van der Waals surface area contributed by atoms with Gasteiger partial charge in [-0.3, -0.25) is 9.48 Å². The van der Waals surface area contributed by atoms with Crippen molar-refractivity contribution in [2.45, 2.75) is 50.1 Å². The maximum atomic E-state index is 12.4. The Hall–Kier alpha value is -1.45. The van der Waals surface area contributed by atoms with Crippen LogP contribution in [0.4, 0.5) is 0 Å². The van der Waals surface area contributed by atoms with E-state index in [0.29, 0.717) is 13.2 Å². The third kappa shape index (κ3) is 4.76. The summed E-state index contributed by atoms with van der Waals surface area (Å²) in [7, 11) is -3.91. The normalized spacial score (nSPS) is 18.2. The topological polar surface area (TPSA) is 111 Å². The molecular weight excluding hydrogens is 322 g/mol. The molecule has 1 fully saturated rings. The zero-order valence-electron chi connectivity index (χ0n) is 13.3. The van der Waals surface area contributed by atoms with Gasteiger partial charge in [-0.15, -0.1) is 0 Å². The van der Waals surface area contributed by atoms with E-state index in [0.717, 1.165) is 12.8 Å². The predicted molar refractivity (Wildman–Crippen MR) is 82.5 cm³/mol. The van der Waals surface area contributed by atoms with Crippen LogP contribution in [0.15, 0.2) is 17.3 Å². The number of hydrogen-bond donors (Lipinski definition) is 2. The molecule has 0 saturated carbocycles. The highest BCUT2D eigenvalue weighted by Gasteiger charge is 2.28. The van der Waals surface area contributed by atoms with E-state index in [9.17, 15) is 18.3 Å². The van der Waals surface area contributed by atoms with E-state index in [1.807, 2.05) is 13.8 Å². The predicted octanol–water partition coefficient (Wildman–Crippen LogP) is 1.01. The van der Waals surface area contributed by atoms with Crippen molar-refractivity contribution in [2.75, 3.05) is 13.2 Å². The van der Waals surface area contributed by atoms with Crippen LogP contribution in [0.1, 0.15) is 39.2 Å². The average molecular weight is 345 g/mol. The van der Waals surface area contributed by atoms with E-state index >= 15 is 0 Å². The lowest BCUT2D eigenvalue weighted by Crippen LogP contribution is -2.41. The molecule has 0 aliphatic carbocycles. The molecule has 23 heavy (non-hydrogen) atoms. The van der Waals surface area contributed by atoms with Crippen LogP contribution < -0.4 is 4.72 Å². The number of rotatable bonds is 7. The van der Waals surface area contributed by atoms with E-state index in [4.69, 9.17) is 4.74 Å². The van der Waals surface area contributed by atoms with Crippen molar-refractivity contribution < 1.29 is 23.1 Å². The molecule has 1 unspecified atom stereocenters. The molecule has 1 aromatic rings. The fourth-order valence-corrected chi connectivity index (χ4v) is 3.68. The van der Waals surface area contributed by atoms with Crippen LogP contribution in [0.25, 0.3) is 0 Å². The standard InChI is InChI=1S/C14H23N3O5S/c1-10(2)7-13(14(18)19)16-23(20,21)12-8-15-17(9-12)11-3-5-22-6-4-11/h8-11,13,16H,3-7H2,1-2H3,(H,18,19). The van der Waals surface area contributed by atoms with Crippen LogP contribution in [0.5, 0.6) is 0 Å². The molecule has 2 heterocycles. The second kappa shape index (κ2) is 7.41. The first-order valence-electron chi connectivity index (χ1n) is 7.66. The molecule has 2 rings (SSSR count). The van der Waals surface area contributed by atoms with E-state index in [-0.39, 0.29) is 23.3 Å². The van der Waals surface area contributed by atoms with Gasteiger partial charge in [-0.2, -0.15) is 9.82 Å². The highest BCUT2D eigenvalue weighted by Crippen LogP contribution is 2.21. The van der Waals surface area contributed by atoms with Crippen molar-refractivity contribution in [1.82, 2.24) is 14.5 Å². The van der Waals surface area contributed by atoms with E-state index < -0.39 is 22.0 Å². The zero-order chi connectivity index (χ0) is 17.0. The van der Waals surface area contributed by atoms with Crippen LogP contribution in [-0.2, 0) is 19.6 Å². The Morgan fingerprint density at radius 2 is 2.13 bits per heavy atom. The molecule has 1 saturated heterocycles. The van der Waals surface area contributed by atoms with Crippen molar-refractivity contribution in [2.24, 2.45) is 5.92 Å². The Labute approximate surface area is 135 Å². The van der Waals surface area contributed by atoms with E-state index in [1.165, 1.54) is 12.4 Å². The summed E-state index contributed by atoms with van der Waals surface area (Å²) in [5.74, 6) is -1.12. The molecule has 9 heteroatoms. The molecular formula is C14H23N3O5S. The number of aromatic nitrogens is 2. The molecule has 1 aliphatic heterocycles. The Balaban J connectivity index is 2.12. The molecule has 0 spiro atoms. The van der Waals surface area contributed by atoms with Gasteiger partial charge in [0, 0.05) is 19.4 Å². The average Bonchev–Trinajstić information content (AvgIpc) is 2.97. The minimum absolute atomic E-state index is 0.0148. The van der Waals surface area contributed by atoms with Gasteiger partial charge >= 0.3 is 5.97 Å². The first-order valence-corrected chi connectivity index (χ1v) is 9.15. The van der Waals surface area contributed by atoms with E-state index in [2.05, 4.69) is 9.82 Å². The quantitative estimate of drug-likeness (QED) is 0.763. The zero-order valence-corrected chi connectivity index (χ0v) is 14.1. The summed E-state index contributed by atoms with van der Waals surface area (Å²) in [5, 5.41) is 13.3. The van der Waals surface area contributed by atoms with Crippen LogP contribution in [0, 0.1) is 5.92 Å². The summed E-state index contributed by atoms with van der Waals surface area (Å²) >= 11 is 0. The summed E-state index contributed by atoms with van der Waals surface area (Å²) in [6, 6.07) is -1.04. The number of carboxylic acid groups (broad SMARTS) is 1. The number of ether oxygens (including phenoxy) is 1. The summed E-state index contributed by atoms with van der Waals surface area (Å²) in [6.07, 6.45) is 4.49. The summed E-state index contributed by atoms with van der Waals surface area (Å²) in [4.78, 5) is 11.2.